The molecule has 2 heterocycles. The number of nitrogens with one attached hydrogen (secondary N) is 2. The van der Waals surface area contributed by atoms with Gasteiger partial charge in [0.05, 0.1) is 5.82 Å². The summed E-state index contributed by atoms with van der Waals surface area (Å²) >= 11 is 0. The molecule has 2 aliphatic heterocycles. The minimum Gasteiger partial charge on any atom is -0.369 e. The van der Waals surface area contributed by atoms with Crippen LogP contribution in [0.25, 0.3) is 0 Å². The molecule has 0 amide bonds. The molecular weight excluding hydrogens is 260 g/mol. The molecule has 3 rings (SSSR count). The van der Waals surface area contributed by atoms with E-state index >= 15 is 0 Å². The van der Waals surface area contributed by atoms with Gasteiger partial charge in [0.15, 0.2) is 0 Å². The highest BCUT2D eigenvalue weighted by Crippen LogP contribution is 2.27. The lowest BCUT2D eigenvalue weighted by atomic mass is 10.1. The first kappa shape index (κ1) is 15.7. The van der Waals surface area contributed by atoms with Gasteiger partial charge in [-0.05, 0) is 30.8 Å². The van der Waals surface area contributed by atoms with E-state index in [2.05, 4.69) is 66.1 Å². The Hall–Kier alpha value is -1.68. The molecule has 0 aliphatic carbocycles. The zero-order valence-corrected chi connectivity index (χ0v) is 13.6. The number of anilines is 2. The van der Waals surface area contributed by atoms with Crippen LogP contribution in [-0.4, -0.2) is 38.1 Å². The van der Waals surface area contributed by atoms with Gasteiger partial charge in [-0.3, -0.25) is 0 Å². The summed E-state index contributed by atoms with van der Waals surface area (Å²) in [5.74, 6) is 0.884. The van der Waals surface area contributed by atoms with Crippen molar-refractivity contribution in [3.8, 4) is 0 Å². The molecule has 1 aromatic rings. The molecule has 4 heteroatoms. The van der Waals surface area contributed by atoms with E-state index < -0.39 is 0 Å². The fraction of sp³-hybridized carbons (Fsp3) is 0.529. The Bertz CT molecular complexity index is 476. The molecule has 2 N–H and O–H groups in total. The molecule has 116 valence electrons. The van der Waals surface area contributed by atoms with Gasteiger partial charge in [-0.1, -0.05) is 26.8 Å². The third kappa shape index (κ3) is 4.14. The highest BCUT2D eigenvalue weighted by molar-refractivity contribution is 5.64. The lowest BCUT2D eigenvalue weighted by Crippen LogP contribution is -2.44. The maximum atomic E-state index is 3.90. The van der Waals surface area contributed by atoms with E-state index in [0.717, 1.165) is 38.5 Å². The fourth-order valence-electron chi connectivity index (χ4n) is 2.52. The predicted octanol–water partition coefficient (Wildman–Crippen LogP) is 2.84. The van der Waals surface area contributed by atoms with Gasteiger partial charge < -0.3 is 20.4 Å². The van der Waals surface area contributed by atoms with Crippen molar-refractivity contribution in [2.45, 2.75) is 26.8 Å². The van der Waals surface area contributed by atoms with E-state index in [-0.39, 0.29) is 0 Å². The molecule has 0 bridgehead atoms. The molecular formula is C17H28N4. The van der Waals surface area contributed by atoms with Crippen molar-refractivity contribution in [3.63, 3.8) is 0 Å². The van der Waals surface area contributed by atoms with Crippen LogP contribution in [-0.2, 0) is 6.54 Å². The number of piperazine rings is 1. The Morgan fingerprint density at radius 3 is 2.48 bits per heavy atom. The maximum Gasteiger partial charge on any atom is 0.0959 e. The number of rotatable bonds is 1. The average Bonchev–Trinajstić information content (AvgIpc) is 2.48. The Balaban J connectivity index is 0.000000497. The first-order valence-corrected chi connectivity index (χ1v) is 7.90. The number of nitrogens with zero attached hydrogens (tertiary/aromatic N) is 2. The van der Waals surface area contributed by atoms with Gasteiger partial charge in [-0.2, -0.15) is 0 Å². The van der Waals surface area contributed by atoms with Crippen LogP contribution in [0.2, 0.25) is 0 Å². The van der Waals surface area contributed by atoms with E-state index in [9.17, 15) is 0 Å². The van der Waals surface area contributed by atoms with Crippen molar-refractivity contribution in [1.82, 2.24) is 10.2 Å². The number of benzene rings is 1. The minimum absolute atomic E-state index is 0.864. The van der Waals surface area contributed by atoms with E-state index in [1.54, 1.807) is 0 Å². The highest BCUT2D eigenvalue weighted by Gasteiger charge is 2.16. The summed E-state index contributed by atoms with van der Waals surface area (Å²) < 4.78 is 0. The highest BCUT2D eigenvalue weighted by atomic mass is 15.2. The van der Waals surface area contributed by atoms with Crippen molar-refractivity contribution in [2.75, 3.05) is 43.4 Å². The first-order chi connectivity index (χ1) is 10.1. The minimum atomic E-state index is 0.864. The number of hydrogen-bond donors (Lipinski definition) is 2. The second-order valence-electron chi connectivity index (χ2n) is 5.80. The van der Waals surface area contributed by atoms with E-state index in [1.165, 1.54) is 23.4 Å². The van der Waals surface area contributed by atoms with Crippen molar-refractivity contribution in [1.29, 1.82) is 0 Å². The van der Waals surface area contributed by atoms with Crippen LogP contribution >= 0.6 is 0 Å². The molecule has 0 atom stereocenters. The van der Waals surface area contributed by atoms with E-state index in [0.29, 0.717) is 0 Å². The molecule has 2 aliphatic rings. The second-order valence-corrected chi connectivity index (χ2v) is 5.80. The molecule has 0 spiro atoms. The third-order valence-corrected chi connectivity index (χ3v) is 3.74. The Kier molecular flexibility index (Phi) is 5.51. The lowest BCUT2D eigenvalue weighted by molar-refractivity contribution is 0.313. The van der Waals surface area contributed by atoms with Gasteiger partial charge in [-0.15, -0.1) is 0 Å². The summed E-state index contributed by atoms with van der Waals surface area (Å²) in [6.07, 6.45) is 1.25. The first-order valence-electron chi connectivity index (χ1n) is 7.90. The van der Waals surface area contributed by atoms with Gasteiger partial charge in [0, 0.05) is 44.1 Å². The number of hydrogen-bond acceptors (Lipinski definition) is 4. The summed E-state index contributed by atoms with van der Waals surface area (Å²) in [4.78, 5) is 4.84. The smallest absolute Gasteiger partial charge is 0.0959 e. The number of fused-ring (bicyclic) bond motifs is 1. The summed E-state index contributed by atoms with van der Waals surface area (Å²) in [6.45, 7) is 13.5. The molecule has 0 radical (unpaired) electrons. The number of likely N-dealkylation sites (N-methyl/N-ethyl adjacent to an activating group) is 1. The van der Waals surface area contributed by atoms with Crippen LogP contribution in [0.5, 0.6) is 0 Å². The van der Waals surface area contributed by atoms with Crippen molar-refractivity contribution in [3.05, 3.63) is 36.2 Å². The van der Waals surface area contributed by atoms with Gasteiger partial charge >= 0.3 is 0 Å². The second kappa shape index (κ2) is 7.36. The zero-order valence-electron chi connectivity index (χ0n) is 13.6. The molecule has 0 aromatic heterocycles. The van der Waals surface area contributed by atoms with Gasteiger partial charge in [-0.25, -0.2) is 0 Å². The average molecular weight is 288 g/mol. The normalized spacial score (nSPS) is 18.0. The van der Waals surface area contributed by atoms with Crippen LogP contribution in [0.4, 0.5) is 11.4 Å². The standard InChI is InChI=1S/C14H20N4.C3H8/c1-11-15-10-12-9-13(3-4-14(12)16-11)18-7-5-17(2)6-8-18;1-3-2/h3-4,9,15-16H,1,5-8,10H2,2H3;3H2,1-2H3. The van der Waals surface area contributed by atoms with Crippen molar-refractivity contribution < 1.29 is 0 Å². The van der Waals surface area contributed by atoms with Crippen molar-refractivity contribution >= 4 is 11.4 Å². The van der Waals surface area contributed by atoms with Crippen molar-refractivity contribution in [2.24, 2.45) is 0 Å². The third-order valence-electron chi connectivity index (χ3n) is 3.74. The Labute approximate surface area is 128 Å². The molecule has 1 fully saturated rings. The largest absolute Gasteiger partial charge is 0.369 e. The van der Waals surface area contributed by atoms with Crippen LogP contribution in [0.3, 0.4) is 0 Å². The quantitative estimate of drug-likeness (QED) is 0.832. The molecule has 21 heavy (non-hydrogen) atoms. The Morgan fingerprint density at radius 2 is 1.81 bits per heavy atom. The molecule has 0 unspecified atom stereocenters. The lowest BCUT2D eigenvalue weighted by Gasteiger charge is -2.34. The molecule has 1 saturated heterocycles. The van der Waals surface area contributed by atoms with Crippen LogP contribution in [0, 0.1) is 0 Å². The zero-order chi connectivity index (χ0) is 15.2. The van der Waals surface area contributed by atoms with E-state index in [1.807, 2.05) is 0 Å². The fourth-order valence-corrected chi connectivity index (χ4v) is 2.52. The summed E-state index contributed by atoms with van der Waals surface area (Å²) in [5, 5.41) is 6.51. The predicted molar refractivity (Wildman–Crippen MR) is 91.7 cm³/mol. The van der Waals surface area contributed by atoms with Gasteiger partial charge in [0.1, 0.15) is 0 Å². The molecule has 0 saturated carbocycles. The van der Waals surface area contributed by atoms with Gasteiger partial charge in [0.25, 0.3) is 0 Å². The van der Waals surface area contributed by atoms with E-state index in [4.69, 9.17) is 0 Å². The summed E-state index contributed by atoms with van der Waals surface area (Å²) in [6, 6.07) is 6.65. The summed E-state index contributed by atoms with van der Waals surface area (Å²) in [7, 11) is 2.18. The topological polar surface area (TPSA) is 30.5 Å². The SMILES string of the molecule is C=C1NCc2cc(N3CCN(C)CC3)ccc2N1.CCC. The van der Waals surface area contributed by atoms with Crippen LogP contribution in [0.15, 0.2) is 30.6 Å². The summed E-state index contributed by atoms with van der Waals surface area (Å²) in [5.41, 5.74) is 3.83. The maximum absolute atomic E-state index is 3.90. The van der Waals surface area contributed by atoms with Crippen LogP contribution < -0.4 is 15.5 Å². The molecule has 4 nitrogen and oxygen atoms in total. The monoisotopic (exact) mass is 288 g/mol. The van der Waals surface area contributed by atoms with Gasteiger partial charge in [0.2, 0.25) is 0 Å². The Morgan fingerprint density at radius 1 is 1.14 bits per heavy atom. The van der Waals surface area contributed by atoms with Crippen LogP contribution in [0.1, 0.15) is 25.8 Å². The molecule has 1 aromatic carbocycles.